The molecule has 6 rings (SSSR count). The van der Waals surface area contributed by atoms with Crippen LogP contribution in [-0.4, -0.2) is 70.8 Å². The number of aromatic carboxylic acids is 1. The van der Waals surface area contributed by atoms with Crippen LogP contribution in [0.15, 0.2) is 65.5 Å². The fraction of sp³-hybridized carbons (Fsp3) is 0.290. The zero-order valence-corrected chi connectivity index (χ0v) is 25.7. The molecule has 1 aliphatic heterocycles. The van der Waals surface area contributed by atoms with Gasteiger partial charge < -0.3 is 23.9 Å². The second kappa shape index (κ2) is 14.8. The van der Waals surface area contributed by atoms with E-state index in [2.05, 4.69) is 19.9 Å². The summed E-state index contributed by atoms with van der Waals surface area (Å²) in [5, 5.41) is 16.9. The number of alkyl halides is 3. The molecule has 17 heteroatoms. The molecule has 5 aromatic rings. The maximum Gasteiger partial charge on any atom is 0.490 e. The Balaban J connectivity index is 0.000000582. The summed E-state index contributed by atoms with van der Waals surface area (Å²) in [6.07, 6.45) is 1.44. The Hall–Kier alpha value is -5.09. The smallest absolute Gasteiger partial charge is 0.478 e. The molecule has 252 valence electrons. The van der Waals surface area contributed by atoms with Crippen LogP contribution in [0.25, 0.3) is 11.0 Å². The van der Waals surface area contributed by atoms with Crippen molar-refractivity contribution in [3.05, 3.63) is 100 Å². The SMILES string of the molecule is O=C(O)C(F)(F)F.O=C(O)c1ccc2nc(CN3CCC(c4ccnc(OCc5ccc(Cl)cc5F)n4)CC3)n(Cc3ncco3)c2c1. The zero-order chi connectivity index (χ0) is 34.4. The molecule has 4 heterocycles. The van der Waals surface area contributed by atoms with Gasteiger partial charge in [-0.3, -0.25) is 4.90 Å². The quantitative estimate of drug-likeness (QED) is 0.176. The average molecular weight is 691 g/mol. The number of hydrogen-bond acceptors (Lipinski definition) is 9. The van der Waals surface area contributed by atoms with Crippen LogP contribution in [0, 0.1) is 5.82 Å². The molecule has 48 heavy (non-hydrogen) atoms. The minimum absolute atomic E-state index is 0.00733. The second-order valence-corrected chi connectivity index (χ2v) is 11.1. The minimum atomic E-state index is -5.08. The standard InChI is InChI=1S/C29H26ClFN6O4.C2HF3O2/c30-21-3-1-20(22(31)14-21)17-41-29-33-8-5-23(35-29)18-6-10-36(11-7-18)15-26-34-24-4-2-19(28(38)39)13-25(24)37(26)16-27-32-9-12-40-27;3-2(4,5)1(6)7/h1-5,8-9,12-14,18H,6-7,10-11,15-17H2,(H,38,39);(H,6,7). The number of piperidine rings is 1. The Morgan fingerprint density at radius 3 is 2.40 bits per heavy atom. The van der Waals surface area contributed by atoms with Gasteiger partial charge in [-0.25, -0.2) is 28.9 Å². The topological polar surface area (TPSA) is 157 Å². The summed E-state index contributed by atoms with van der Waals surface area (Å²) < 4.78 is 58.9. The molecular weight excluding hydrogens is 664 g/mol. The van der Waals surface area contributed by atoms with Crippen molar-refractivity contribution in [1.82, 2.24) is 29.4 Å². The van der Waals surface area contributed by atoms with Gasteiger partial charge in [0.25, 0.3) is 0 Å². The number of likely N-dealkylation sites (tertiary alicyclic amines) is 1. The first-order chi connectivity index (χ1) is 22.9. The number of hydrogen-bond donors (Lipinski definition) is 2. The van der Waals surface area contributed by atoms with E-state index in [9.17, 15) is 27.5 Å². The number of rotatable bonds is 9. The average Bonchev–Trinajstić information content (AvgIpc) is 3.69. The molecule has 2 N–H and O–H groups in total. The van der Waals surface area contributed by atoms with E-state index in [1.807, 2.05) is 10.6 Å². The normalized spacial score (nSPS) is 14.0. The molecule has 0 bridgehead atoms. The number of oxazole rings is 1. The second-order valence-electron chi connectivity index (χ2n) is 10.7. The molecule has 0 amide bonds. The predicted molar refractivity (Wildman–Crippen MR) is 161 cm³/mol. The molecule has 0 aliphatic carbocycles. The molecule has 0 saturated carbocycles. The van der Waals surface area contributed by atoms with E-state index in [0.717, 1.165) is 48.5 Å². The fourth-order valence-corrected chi connectivity index (χ4v) is 5.25. The molecular formula is C31H27ClF4N6O6. The van der Waals surface area contributed by atoms with E-state index in [1.165, 1.54) is 12.3 Å². The van der Waals surface area contributed by atoms with Crippen LogP contribution in [0.2, 0.25) is 5.02 Å². The van der Waals surface area contributed by atoms with Crippen molar-refractivity contribution in [3.63, 3.8) is 0 Å². The van der Waals surface area contributed by atoms with Crippen LogP contribution in [0.4, 0.5) is 17.6 Å². The summed E-state index contributed by atoms with van der Waals surface area (Å²) in [6.45, 7) is 2.59. The summed E-state index contributed by atoms with van der Waals surface area (Å²) in [6, 6.07) is 11.5. The Morgan fingerprint density at radius 1 is 1.00 bits per heavy atom. The highest BCUT2D eigenvalue weighted by atomic mass is 35.5. The first-order valence-corrected chi connectivity index (χ1v) is 14.8. The van der Waals surface area contributed by atoms with Gasteiger partial charge in [0.2, 0.25) is 5.89 Å². The lowest BCUT2D eigenvalue weighted by Gasteiger charge is -2.31. The Kier molecular flexibility index (Phi) is 10.5. The summed E-state index contributed by atoms with van der Waals surface area (Å²) in [5.41, 5.74) is 2.91. The van der Waals surface area contributed by atoms with Crippen LogP contribution < -0.4 is 4.74 Å². The molecule has 0 unspecified atom stereocenters. The predicted octanol–water partition coefficient (Wildman–Crippen LogP) is 5.95. The van der Waals surface area contributed by atoms with Gasteiger partial charge in [0, 0.05) is 22.7 Å². The summed E-state index contributed by atoms with van der Waals surface area (Å²) in [5.74, 6) is -2.62. The number of fused-ring (bicyclic) bond motifs is 1. The first-order valence-electron chi connectivity index (χ1n) is 14.4. The van der Waals surface area contributed by atoms with Crippen molar-refractivity contribution in [3.8, 4) is 6.01 Å². The number of carbonyl (C=O) groups is 2. The molecule has 3 aromatic heterocycles. The number of ether oxygens (including phenoxy) is 1. The van der Waals surface area contributed by atoms with Crippen molar-refractivity contribution in [1.29, 1.82) is 0 Å². The van der Waals surface area contributed by atoms with Crippen LogP contribution in [0.1, 0.15) is 52.1 Å². The van der Waals surface area contributed by atoms with Crippen molar-refractivity contribution in [2.24, 2.45) is 0 Å². The Morgan fingerprint density at radius 2 is 1.75 bits per heavy atom. The maximum absolute atomic E-state index is 14.1. The van der Waals surface area contributed by atoms with Crippen LogP contribution in [0.5, 0.6) is 6.01 Å². The molecule has 2 aromatic carbocycles. The van der Waals surface area contributed by atoms with E-state index < -0.39 is 23.9 Å². The Labute approximate surface area is 274 Å². The minimum Gasteiger partial charge on any atom is -0.478 e. The van der Waals surface area contributed by atoms with Gasteiger partial charge in [0.1, 0.15) is 31.1 Å². The molecule has 1 fully saturated rings. The molecule has 0 atom stereocenters. The van der Waals surface area contributed by atoms with Crippen LogP contribution in [-0.2, 0) is 24.5 Å². The van der Waals surface area contributed by atoms with E-state index in [-0.39, 0.29) is 24.1 Å². The van der Waals surface area contributed by atoms with Gasteiger partial charge in [-0.15, -0.1) is 0 Å². The van der Waals surface area contributed by atoms with Crippen molar-refractivity contribution < 1.29 is 46.5 Å². The summed E-state index contributed by atoms with van der Waals surface area (Å²) >= 11 is 5.83. The first kappa shape index (κ1) is 34.3. The highest BCUT2D eigenvalue weighted by Gasteiger charge is 2.38. The lowest BCUT2D eigenvalue weighted by atomic mass is 9.93. The van der Waals surface area contributed by atoms with Gasteiger partial charge in [-0.2, -0.15) is 18.2 Å². The largest absolute Gasteiger partial charge is 0.490 e. The van der Waals surface area contributed by atoms with Gasteiger partial charge in [-0.05, 0) is 62.3 Å². The van der Waals surface area contributed by atoms with E-state index in [1.54, 1.807) is 42.7 Å². The third kappa shape index (κ3) is 8.63. The highest BCUT2D eigenvalue weighted by Crippen LogP contribution is 2.29. The van der Waals surface area contributed by atoms with Crippen molar-refractivity contribution >= 4 is 34.6 Å². The molecule has 12 nitrogen and oxygen atoms in total. The summed E-state index contributed by atoms with van der Waals surface area (Å²) in [7, 11) is 0. The number of aliphatic carboxylic acids is 1. The Bertz CT molecular complexity index is 1890. The van der Waals surface area contributed by atoms with E-state index >= 15 is 0 Å². The maximum atomic E-state index is 14.1. The van der Waals surface area contributed by atoms with Gasteiger partial charge in [0.15, 0.2) is 0 Å². The van der Waals surface area contributed by atoms with E-state index in [4.69, 9.17) is 35.6 Å². The number of imidazole rings is 1. The fourth-order valence-electron chi connectivity index (χ4n) is 5.09. The molecule has 0 spiro atoms. The summed E-state index contributed by atoms with van der Waals surface area (Å²) in [4.78, 5) is 40.7. The number of carboxylic acids is 2. The van der Waals surface area contributed by atoms with Crippen molar-refractivity contribution in [2.75, 3.05) is 13.1 Å². The third-order valence-corrected chi connectivity index (χ3v) is 7.73. The number of carboxylic acid groups (broad SMARTS) is 2. The highest BCUT2D eigenvalue weighted by molar-refractivity contribution is 6.30. The number of halogens is 5. The van der Waals surface area contributed by atoms with Crippen LogP contribution >= 0.6 is 11.6 Å². The van der Waals surface area contributed by atoms with Gasteiger partial charge >= 0.3 is 24.1 Å². The van der Waals surface area contributed by atoms with Gasteiger partial charge in [-0.1, -0.05) is 17.7 Å². The number of aromatic nitrogens is 5. The van der Waals surface area contributed by atoms with Crippen molar-refractivity contribution in [2.45, 2.75) is 44.6 Å². The van der Waals surface area contributed by atoms with E-state index in [0.29, 0.717) is 29.6 Å². The molecule has 1 aliphatic rings. The van der Waals surface area contributed by atoms with Crippen LogP contribution in [0.3, 0.4) is 0 Å². The zero-order valence-electron chi connectivity index (χ0n) is 24.9. The number of benzene rings is 2. The monoisotopic (exact) mass is 690 g/mol. The molecule has 0 radical (unpaired) electrons. The van der Waals surface area contributed by atoms with Gasteiger partial charge in [0.05, 0.1) is 35.0 Å². The lowest BCUT2D eigenvalue weighted by molar-refractivity contribution is -0.192. The lowest BCUT2D eigenvalue weighted by Crippen LogP contribution is -2.33. The third-order valence-electron chi connectivity index (χ3n) is 7.49. The molecule has 1 saturated heterocycles. The number of nitrogens with zero attached hydrogens (tertiary/aromatic N) is 6.